The highest BCUT2D eigenvalue weighted by molar-refractivity contribution is 7.80. The Bertz CT molecular complexity index is 405. The average molecular weight is 250 g/mol. The van der Waals surface area contributed by atoms with Gasteiger partial charge in [0, 0.05) is 12.2 Å². The number of thiocarbonyl (C=S) groups is 1. The summed E-state index contributed by atoms with van der Waals surface area (Å²) in [6.45, 7) is 4.83. The molecule has 1 aromatic carbocycles. The summed E-state index contributed by atoms with van der Waals surface area (Å²) in [5.74, 6) is 0. The standard InChI is InChI=1S/C13H18N2OS/c1-13(2)11(16)8-9-15(13)12(17)14-10-6-4-3-5-7-10/h3-7,11,16H,8-9H2,1-2H3,(H,14,17). The Morgan fingerprint density at radius 3 is 2.59 bits per heavy atom. The number of nitrogens with zero attached hydrogens (tertiary/aromatic N) is 1. The third kappa shape index (κ3) is 2.42. The van der Waals surface area contributed by atoms with E-state index in [1.807, 2.05) is 44.2 Å². The van der Waals surface area contributed by atoms with E-state index in [0.29, 0.717) is 5.11 Å². The van der Waals surface area contributed by atoms with E-state index >= 15 is 0 Å². The van der Waals surface area contributed by atoms with E-state index in [0.717, 1.165) is 18.7 Å². The van der Waals surface area contributed by atoms with Gasteiger partial charge in [-0.05, 0) is 44.6 Å². The van der Waals surface area contributed by atoms with E-state index in [9.17, 15) is 5.11 Å². The molecule has 1 fully saturated rings. The normalized spacial score (nSPS) is 22.5. The van der Waals surface area contributed by atoms with Crippen LogP contribution in [0.25, 0.3) is 0 Å². The third-order valence-corrected chi connectivity index (χ3v) is 3.73. The van der Waals surface area contributed by atoms with Crippen molar-refractivity contribution in [3.05, 3.63) is 30.3 Å². The van der Waals surface area contributed by atoms with Crippen LogP contribution < -0.4 is 5.32 Å². The number of aliphatic hydroxyl groups excluding tert-OH is 1. The Morgan fingerprint density at radius 2 is 2.06 bits per heavy atom. The maximum absolute atomic E-state index is 9.91. The van der Waals surface area contributed by atoms with Crippen LogP contribution in [0.3, 0.4) is 0 Å². The van der Waals surface area contributed by atoms with E-state index in [1.54, 1.807) is 0 Å². The molecule has 1 aromatic rings. The molecule has 1 heterocycles. The molecule has 0 bridgehead atoms. The molecule has 17 heavy (non-hydrogen) atoms. The third-order valence-electron chi connectivity index (χ3n) is 3.41. The first kappa shape index (κ1) is 12.3. The van der Waals surface area contributed by atoms with Crippen LogP contribution in [-0.2, 0) is 0 Å². The zero-order valence-electron chi connectivity index (χ0n) is 10.2. The smallest absolute Gasteiger partial charge is 0.173 e. The van der Waals surface area contributed by atoms with Crippen molar-refractivity contribution >= 4 is 23.0 Å². The fraction of sp³-hybridized carbons (Fsp3) is 0.462. The molecule has 92 valence electrons. The number of benzene rings is 1. The monoisotopic (exact) mass is 250 g/mol. The Labute approximate surface area is 107 Å². The summed E-state index contributed by atoms with van der Waals surface area (Å²) in [5, 5.41) is 13.8. The van der Waals surface area contributed by atoms with Crippen molar-refractivity contribution in [2.24, 2.45) is 0 Å². The summed E-state index contributed by atoms with van der Waals surface area (Å²) < 4.78 is 0. The predicted octanol–water partition coefficient (Wildman–Crippen LogP) is 2.23. The molecule has 0 amide bonds. The zero-order valence-corrected chi connectivity index (χ0v) is 11.0. The van der Waals surface area contributed by atoms with Crippen molar-refractivity contribution < 1.29 is 5.11 Å². The minimum atomic E-state index is -0.321. The molecule has 0 aliphatic carbocycles. The molecule has 0 radical (unpaired) electrons. The molecule has 4 heteroatoms. The Morgan fingerprint density at radius 1 is 1.41 bits per heavy atom. The topological polar surface area (TPSA) is 35.5 Å². The average Bonchev–Trinajstić information content (AvgIpc) is 2.55. The Hall–Kier alpha value is -1.13. The van der Waals surface area contributed by atoms with Crippen molar-refractivity contribution in [1.82, 2.24) is 4.90 Å². The lowest BCUT2D eigenvalue weighted by Gasteiger charge is -2.35. The second kappa shape index (κ2) is 4.63. The first-order valence-electron chi connectivity index (χ1n) is 5.83. The zero-order chi connectivity index (χ0) is 12.5. The largest absolute Gasteiger partial charge is 0.391 e. The molecule has 1 unspecified atom stereocenters. The van der Waals surface area contributed by atoms with Crippen LogP contribution >= 0.6 is 12.2 Å². The molecule has 1 aliphatic rings. The molecule has 2 rings (SSSR count). The van der Waals surface area contributed by atoms with E-state index < -0.39 is 0 Å². The van der Waals surface area contributed by atoms with Gasteiger partial charge in [0.05, 0.1) is 11.6 Å². The first-order valence-corrected chi connectivity index (χ1v) is 6.24. The second-order valence-corrected chi connectivity index (χ2v) is 5.29. The maximum atomic E-state index is 9.91. The number of aliphatic hydroxyl groups is 1. The summed E-state index contributed by atoms with van der Waals surface area (Å²) in [5.41, 5.74) is 0.688. The molecule has 1 aliphatic heterocycles. The summed E-state index contributed by atoms with van der Waals surface area (Å²) in [6, 6.07) is 9.86. The van der Waals surface area contributed by atoms with Crippen LogP contribution in [0, 0.1) is 0 Å². The fourth-order valence-corrected chi connectivity index (χ4v) is 2.59. The van der Waals surface area contributed by atoms with Gasteiger partial charge in [-0.25, -0.2) is 0 Å². The van der Waals surface area contributed by atoms with Gasteiger partial charge in [0.2, 0.25) is 0 Å². The van der Waals surface area contributed by atoms with Crippen molar-refractivity contribution in [3.63, 3.8) is 0 Å². The van der Waals surface area contributed by atoms with Crippen LogP contribution in [0.15, 0.2) is 30.3 Å². The van der Waals surface area contributed by atoms with Gasteiger partial charge >= 0.3 is 0 Å². The van der Waals surface area contributed by atoms with Crippen LogP contribution in [0.2, 0.25) is 0 Å². The molecule has 2 N–H and O–H groups in total. The molecule has 0 saturated carbocycles. The molecule has 1 saturated heterocycles. The molecular weight excluding hydrogens is 232 g/mol. The minimum Gasteiger partial charge on any atom is -0.391 e. The predicted molar refractivity (Wildman–Crippen MR) is 74.1 cm³/mol. The summed E-state index contributed by atoms with van der Waals surface area (Å²) in [4.78, 5) is 2.06. The molecule has 0 aromatic heterocycles. The van der Waals surface area contributed by atoms with Gasteiger partial charge in [-0.15, -0.1) is 0 Å². The van der Waals surface area contributed by atoms with Gasteiger partial charge in [0.25, 0.3) is 0 Å². The lowest BCUT2D eigenvalue weighted by molar-refractivity contribution is 0.0866. The van der Waals surface area contributed by atoms with Gasteiger partial charge in [-0.2, -0.15) is 0 Å². The summed E-state index contributed by atoms with van der Waals surface area (Å²) >= 11 is 5.40. The number of anilines is 1. The van der Waals surface area contributed by atoms with Crippen LogP contribution in [0.5, 0.6) is 0 Å². The van der Waals surface area contributed by atoms with Crippen LogP contribution in [-0.4, -0.2) is 33.3 Å². The first-order chi connectivity index (χ1) is 8.01. The number of para-hydroxylation sites is 1. The van der Waals surface area contributed by atoms with Crippen molar-refractivity contribution in [2.45, 2.75) is 31.9 Å². The second-order valence-electron chi connectivity index (χ2n) is 4.91. The summed E-state index contributed by atoms with van der Waals surface area (Å²) in [6.07, 6.45) is 0.446. The number of hydrogen-bond acceptors (Lipinski definition) is 2. The lowest BCUT2D eigenvalue weighted by atomic mass is 9.99. The number of rotatable bonds is 1. The molecule has 3 nitrogen and oxygen atoms in total. The highest BCUT2D eigenvalue weighted by Gasteiger charge is 2.41. The van der Waals surface area contributed by atoms with E-state index in [2.05, 4.69) is 10.2 Å². The van der Waals surface area contributed by atoms with Crippen molar-refractivity contribution in [3.8, 4) is 0 Å². The van der Waals surface area contributed by atoms with E-state index in [-0.39, 0.29) is 11.6 Å². The van der Waals surface area contributed by atoms with Crippen molar-refractivity contribution in [1.29, 1.82) is 0 Å². The number of likely N-dealkylation sites (tertiary alicyclic amines) is 1. The summed E-state index contributed by atoms with van der Waals surface area (Å²) in [7, 11) is 0. The van der Waals surface area contributed by atoms with Gasteiger partial charge in [0.15, 0.2) is 5.11 Å². The van der Waals surface area contributed by atoms with E-state index in [4.69, 9.17) is 12.2 Å². The number of hydrogen-bond donors (Lipinski definition) is 2. The quantitative estimate of drug-likeness (QED) is 0.749. The SMILES string of the molecule is CC1(C)C(O)CCN1C(=S)Nc1ccccc1. The highest BCUT2D eigenvalue weighted by atomic mass is 32.1. The van der Waals surface area contributed by atoms with Crippen molar-refractivity contribution in [2.75, 3.05) is 11.9 Å². The van der Waals surface area contributed by atoms with Gasteiger partial charge in [0.1, 0.15) is 0 Å². The van der Waals surface area contributed by atoms with Gasteiger partial charge < -0.3 is 15.3 Å². The molecular formula is C13H18N2OS. The number of nitrogens with one attached hydrogen (secondary N) is 1. The minimum absolute atomic E-state index is 0.293. The van der Waals surface area contributed by atoms with Gasteiger partial charge in [-0.3, -0.25) is 0 Å². The fourth-order valence-electron chi connectivity index (χ4n) is 2.15. The maximum Gasteiger partial charge on any atom is 0.173 e. The molecule has 1 atom stereocenters. The molecule has 0 spiro atoms. The lowest BCUT2D eigenvalue weighted by Crippen LogP contribution is -2.49. The highest BCUT2D eigenvalue weighted by Crippen LogP contribution is 2.29. The van der Waals surface area contributed by atoms with Crippen LogP contribution in [0.4, 0.5) is 5.69 Å². The van der Waals surface area contributed by atoms with E-state index in [1.165, 1.54) is 0 Å². The Balaban J connectivity index is 2.07. The van der Waals surface area contributed by atoms with Crippen LogP contribution in [0.1, 0.15) is 20.3 Å². The van der Waals surface area contributed by atoms with Gasteiger partial charge in [-0.1, -0.05) is 18.2 Å². The Kier molecular flexibility index (Phi) is 3.35.